The molecule has 0 spiro atoms. The number of alkyl halides is 7. The molecule has 0 rings (SSSR count). The van der Waals surface area contributed by atoms with Crippen LogP contribution >= 0.6 is 11.6 Å². The smallest absolute Gasteiger partial charge is 0.348 e. The van der Waals surface area contributed by atoms with Gasteiger partial charge in [-0.2, -0.15) is 26.3 Å². The van der Waals surface area contributed by atoms with Crippen LogP contribution in [-0.4, -0.2) is 29.2 Å². The predicted molar refractivity (Wildman–Crippen MR) is 48.6 cm³/mol. The van der Waals surface area contributed by atoms with E-state index in [1.807, 2.05) is 0 Å². The lowest BCUT2D eigenvalue weighted by Crippen LogP contribution is -2.60. The molecule has 0 aliphatic carbocycles. The summed E-state index contributed by atoms with van der Waals surface area (Å²) in [5, 5.41) is -4.04. The number of nitrogens with one attached hydrogen (secondary N) is 1. The van der Waals surface area contributed by atoms with Crippen LogP contribution in [0.1, 0.15) is 20.3 Å². The first-order valence-electron chi connectivity index (χ1n) is 4.51. The van der Waals surface area contributed by atoms with Gasteiger partial charge in [-0.25, -0.2) is 0 Å². The highest BCUT2D eigenvalue weighted by molar-refractivity contribution is 6.22. The lowest BCUT2D eigenvalue weighted by atomic mass is 10.1. The van der Waals surface area contributed by atoms with Crippen LogP contribution < -0.4 is 5.32 Å². The summed E-state index contributed by atoms with van der Waals surface area (Å²) in [6.45, 7) is 2.74. The molecule has 0 aliphatic rings. The van der Waals surface area contributed by atoms with Crippen LogP contribution in [0.3, 0.4) is 0 Å². The molecule has 0 aromatic carbocycles. The molecule has 0 radical (unpaired) electrons. The van der Waals surface area contributed by atoms with E-state index in [2.05, 4.69) is 11.6 Å². The number of hydrogen-bond donors (Lipinski definition) is 1. The molecule has 2 nitrogen and oxygen atoms in total. The van der Waals surface area contributed by atoms with Gasteiger partial charge in [0.25, 0.3) is 5.91 Å². The molecule has 0 fully saturated rings. The highest BCUT2D eigenvalue weighted by atomic mass is 35.5. The van der Waals surface area contributed by atoms with Gasteiger partial charge in [0.15, 0.2) is 0 Å². The minimum absolute atomic E-state index is 0.171. The molecule has 0 aromatic rings. The van der Waals surface area contributed by atoms with E-state index in [1.165, 1.54) is 19.2 Å². The largest absolute Gasteiger partial charge is 0.395 e. The molecule has 0 aromatic heterocycles. The molecule has 1 atom stereocenters. The summed E-state index contributed by atoms with van der Waals surface area (Å²) in [4.78, 5) is 10.8. The maximum atomic E-state index is 12.9. The summed E-state index contributed by atoms with van der Waals surface area (Å²) in [6, 6.07) is -0.854. The topological polar surface area (TPSA) is 29.1 Å². The summed E-state index contributed by atoms with van der Waals surface area (Å²) < 4.78 is 75.2. The van der Waals surface area contributed by atoms with Crippen LogP contribution in [0.15, 0.2) is 0 Å². The van der Waals surface area contributed by atoms with E-state index in [-0.39, 0.29) is 6.42 Å². The molecule has 1 N–H and O–H groups in total. The Hall–Kier alpha value is -0.660. The first-order chi connectivity index (χ1) is 7.38. The lowest BCUT2D eigenvalue weighted by molar-refractivity contribution is -0.269. The van der Waals surface area contributed by atoms with Crippen molar-refractivity contribution in [2.75, 3.05) is 0 Å². The Morgan fingerprint density at radius 1 is 1.24 bits per heavy atom. The minimum atomic E-state index is -5.97. The fraction of sp³-hybridized carbons (Fsp3) is 0.875. The molecule has 9 heteroatoms. The van der Waals surface area contributed by atoms with E-state index in [0.29, 0.717) is 0 Å². The molecule has 0 heterocycles. The number of rotatable bonds is 5. The van der Waals surface area contributed by atoms with Crippen LogP contribution in [-0.2, 0) is 4.79 Å². The van der Waals surface area contributed by atoms with Crippen molar-refractivity contribution >= 4 is 17.5 Å². The summed E-state index contributed by atoms with van der Waals surface area (Å²) in [6.07, 6.45) is 0.171. The molecule has 0 bridgehead atoms. The van der Waals surface area contributed by atoms with E-state index in [1.54, 1.807) is 0 Å². The number of carbonyl (C=O) groups excluding carboxylic acids is 1. The van der Waals surface area contributed by atoms with Crippen molar-refractivity contribution in [1.29, 1.82) is 0 Å². The fourth-order valence-electron chi connectivity index (χ4n) is 0.737. The first-order valence-corrected chi connectivity index (χ1v) is 4.89. The van der Waals surface area contributed by atoms with Gasteiger partial charge in [-0.1, -0.05) is 6.92 Å². The van der Waals surface area contributed by atoms with Crippen molar-refractivity contribution in [1.82, 2.24) is 5.32 Å². The summed E-state index contributed by atoms with van der Waals surface area (Å²) in [5.74, 6) is -14.1. The predicted octanol–water partition coefficient (Wildman–Crippen LogP) is 3.00. The zero-order chi connectivity index (χ0) is 14.1. The quantitative estimate of drug-likeness (QED) is 0.610. The van der Waals surface area contributed by atoms with E-state index < -0.39 is 29.2 Å². The van der Waals surface area contributed by atoms with Crippen LogP contribution in [0.25, 0.3) is 0 Å². The van der Waals surface area contributed by atoms with Crippen LogP contribution in [0.5, 0.6) is 0 Å². The normalized spacial score (nSPS) is 15.6. The van der Waals surface area contributed by atoms with E-state index in [9.17, 15) is 31.1 Å². The molecule has 102 valence electrons. The Morgan fingerprint density at radius 2 is 1.65 bits per heavy atom. The lowest BCUT2D eigenvalue weighted by Gasteiger charge is -2.29. The van der Waals surface area contributed by atoms with E-state index in [0.717, 1.165) is 0 Å². The number of amides is 1. The zero-order valence-electron chi connectivity index (χ0n) is 8.84. The van der Waals surface area contributed by atoms with Gasteiger partial charge in [-0.15, -0.1) is 0 Å². The third kappa shape index (κ3) is 3.17. The summed E-state index contributed by atoms with van der Waals surface area (Å²) in [5.41, 5.74) is 0. The third-order valence-electron chi connectivity index (χ3n) is 2.03. The molecular weight excluding hydrogens is 276 g/mol. The second-order valence-electron chi connectivity index (χ2n) is 3.43. The number of carbonyl (C=O) groups is 1. The van der Waals surface area contributed by atoms with Crippen molar-refractivity contribution < 1.29 is 31.1 Å². The second kappa shape index (κ2) is 4.91. The highest BCUT2D eigenvalue weighted by Crippen LogP contribution is 2.47. The second-order valence-corrected chi connectivity index (χ2v) is 3.90. The van der Waals surface area contributed by atoms with Crippen molar-refractivity contribution in [3.63, 3.8) is 0 Å². The van der Waals surface area contributed by atoms with Gasteiger partial charge in [0, 0.05) is 6.04 Å². The van der Waals surface area contributed by atoms with Gasteiger partial charge in [0.2, 0.25) is 0 Å². The third-order valence-corrected chi connectivity index (χ3v) is 2.26. The first kappa shape index (κ1) is 16.3. The summed E-state index contributed by atoms with van der Waals surface area (Å²) >= 11 is 3.88. The van der Waals surface area contributed by atoms with Gasteiger partial charge in [-0.3, -0.25) is 4.79 Å². The van der Waals surface area contributed by atoms with Crippen molar-refractivity contribution in [2.45, 2.75) is 43.5 Å². The van der Waals surface area contributed by atoms with E-state index >= 15 is 0 Å². The average Bonchev–Trinajstić information content (AvgIpc) is 2.15. The molecular formula is C8H10ClF6NO. The number of halogens is 7. The van der Waals surface area contributed by atoms with Crippen LogP contribution in [0.2, 0.25) is 0 Å². The fourth-order valence-corrected chi connectivity index (χ4v) is 0.856. The Morgan fingerprint density at radius 3 is 1.94 bits per heavy atom. The Balaban J connectivity index is 5.07. The average molecular weight is 286 g/mol. The number of hydrogen-bond acceptors (Lipinski definition) is 1. The molecule has 0 saturated carbocycles. The maximum Gasteiger partial charge on any atom is 0.395 e. The van der Waals surface area contributed by atoms with Crippen LogP contribution in [0, 0.1) is 0 Å². The molecule has 1 unspecified atom stereocenters. The van der Waals surface area contributed by atoms with Crippen LogP contribution in [0.4, 0.5) is 26.3 Å². The highest BCUT2D eigenvalue weighted by Gasteiger charge is 2.74. The SMILES string of the molecule is CCC(C)NC(=O)C(F)(F)C(F)(F)C(F)(F)Cl. The van der Waals surface area contributed by atoms with Crippen molar-refractivity contribution in [2.24, 2.45) is 0 Å². The van der Waals surface area contributed by atoms with Gasteiger partial charge < -0.3 is 5.32 Å². The molecule has 0 aliphatic heterocycles. The van der Waals surface area contributed by atoms with Gasteiger partial charge >= 0.3 is 17.2 Å². The zero-order valence-corrected chi connectivity index (χ0v) is 9.59. The monoisotopic (exact) mass is 285 g/mol. The molecule has 0 saturated heterocycles. The maximum absolute atomic E-state index is 12.9. The van der Waals surface area contributed by atoms with E-state index in [4.69, 9.17) is 0 Å². The Bertz CT molecular complexity index is 290. The molecule has 1 amide bonds. The minimum Gasteiger partial charge on any atom is -0.348 e. The van der Waals surface area contributed by atoms with Gasteiger partial charge in [-0.05, 0) is 24.9 Å². The molecule has 17 heavy (non-hydrogen) atoms. The van der Waals surface area contributed by atoms with Gasteiger partial charge in [0.1, 0.15) is 0 Å². The van der Waals surface area contributed by atoms with Gasteiger partial charge in [0.05, 0.1) is 0 Å². The summed E-state index contributed by atoms with van der Waals surface area (Å²) in [7, 11) is 0. The van der Waals surface area contributed by atoms with Crippen molar-refractivity contribution in [3.8, 4) is 0 Å². The Labute approximate surface area is 98.3 Å². The Kier molecular flexibility index (Phi) is 4.72. The standard InChI is InChI=1S/C8H10ClF6NO/c1-3-4(2)16-5(17)6(10,11)7(12,13)8(9,14)15/h4H,3H2,1-2H3,(H,16,17). The van der Waals surface area contributed by atoms with Crippen molar-refractivity contribution in [3.05, 3.63) is 0 Å².